The van der Waals surface area contributed by atoms with Crippen molar-refractivity contribution in [3.8, 4) is 11.1 Å². The fraction of sp³-hybridized carbons (Fsp3) is 0.333. The maximum absolute atomic E-state index is 4.59. The molecule has 148 valence electrons. The van der Waals surface area contributed by atoms with Gasteiger partial charge in [0.25, 0.3) is 0 Å². The number of H-pyrrole nitrogens is 1. The molecule has 1 aliphatic rings. The Bertz CT molecular complexity index is 1140. The summed E-state index contributed by atoms with van der Waals surface area (Å²) in [7, 11) is 4.37. The number of nitrogens with zero attached hydrogens (tertiary/aromatic N) is 3. The predicted octanol–water partition coefficient (Wildman–Crippen LogP) is 5.06. The van der Waals surface area contributed by atoms with Crippen LogP contribution in [0.4, 0.5) is 5.82 Å². The van der Waals surface area contributed by atoms with Gasteiger partial charge in [-0.25, -0.2) is 9.97 Å². The highest BCUT2D eigenvalue weighted by Gasteiger charge is 2.23. The average Bonchev–Trinajstić information content (AvgIpc) is 3.22. The predicted molar refractivity (Wildman–Crippen MR) is 120 cm³/mol. The number of aromatic nitrogens is 3. The van der Waals surface area contributed by atoms with Gasteiger partial charge in [0.05, 0.1) is 5.52 Å². The zero-order valence-electron chi connectivity index (χ0n) is 17.0. The Hall–Kier alpha value is -2.92. The summed E-state index contributed by atoms with van der Waals surface area (Å²) in [6.45, 7) is 0. The number of anilines is 1. The zero-order valence-corrected chi connectivity index (χ0v) is 17.0. The fourth-order valence-corrected chi connectivity index (χ4v) is 4.51. The minimum atomic E-state index is 0.476. The summed E-state index contributed by atoms with van der Waals surface area (Å²) in [5.41, 5.74) is 4.54. The van der Waals surface area contributed by atoms with E-state index in [0.717, 1.165) is 22.2 Å². The Kier molecular flexibility index (Phi) is 4.68. The summed E-state index contributed by atoms with van der Waals surface area (Å²) in [4.78, 5) is 14.7. The van der Waals surface area contributed by atoms with Crippen molar-refractivity contribution in [2.24, 2.45) is 0 Å². The van der Waals surface area contributed by atoms with Gasteiger partial charge in [0.2, 0.25) is 0 Å². The van der Waals surface area contributed by atoms with Crippen LogP contribution in [0.5, 0.6) is 0 Å². The van der Waals surface area contributed by atoms with Crippen LogP contribution in [0.25, 0.3) is 32.9 Å². The number of benzene rings is 2. The topological polar surface area (TPSA) is 56.8 Å². The molecule has 0 unspecified atom stereocenters. The van der Waals surface area contributed by atoms with Crippen molar-refractivity contribution in [2.75, 3.05) is 19.4 Å². The van der Waals surface area contributed by atoms with Crippen molar-refractivity contribution < 1.29 is 0 Å². The van der Waals surface area contributed by atoms with E-state index in [1.54, 1.807) is 6.33 Å². The third-order valence-corrected chi connectivity index (χ3v) is 6.29. The first kappa shape index (κ1) is 18.1. The van der Waals surface area contributed by atoms with E-state index in [9.17, 15) is 0 Å². The summed E-state index contributed by atoms with van der Waals surface area (Å²) < 4.78 is 0. The number of aromatic amines is 1. The third kappa shape index (κ3) is 3.58. The Balaban J connectivity index is 1.44. The number of hydrogen-bond donors (Lipinski definition) is 2. The largest absolute Gasteiger partial charge is 0.367 e. The molecule has 0 bridgehead atoms. The van der Waals surface area contributed by atoms with Gasteiger partial charge >= 0.3 is 0 Å². The Morgan fingerprint density at radius 2 is 1.72 bits per heavy atom. The monoisotopic (exact) mass is 385 g/mol. The molecule has 0 aliphatic heterocycles. The Labute approximate surface area is 171 Å². The maximum atomic E-state index is 4.59. The van der Waals surface area contributed by atoms with Crippen LogP contribution >= 0.6 is 0 Å². The minimum absolute atomic E-state index is 0.476. The van der Waals surface area contributed by atoms with Crippen molar-refractivity contribution in [3.05, 3.63) is 55.0 Å². The summed E-state index contributed by atoms with van der Waals surface area (Å²) in [5.74, 6) is 0.952. The molecule has 2 heterocycles. The fourth-order valence-electron chi connectivity index (χ4n) is 4.51. The molecular formula is C24H27N5. The van der Waals surface area contributed by atoms with Crippen LogP contribution in [-0.2, 0) is 0 Å². The lowest BCUT2D eigenvalue weighted by atomic mass is 9.90. The van der Waals surface area contributed by atoms with E-state index >= 15 is 0 Å². The number of nitrogens with one attached hydrogen (secondary N) is 2. The van der Waals surface area contributed by atoms with Crippen LogP contribution in [0.3, 0.4) is 0 Å². The summed E-state index contributed by atoms with van der Waals surface area (Å²) in [5, 5.41) is 6.03. The molecule has 5 nitrogen and oxygen atoms in total. The maximum Gasteiger partial charge on any atom is 0.137 e. The number of hydrogen-bond acceptors (Lipinski definition) is 4. The molecule has 0 spiro atoms. The summed E-state index contributed by atoms with van der Waals surface area (Å²) in [6, 6.07) is 16.3. The molecule has 5 rings (SSSR count). The molecule has 1 saturated carbocycles. The van der Waals surface area contributed by atoms with Gasteiger partial charge in [-0.05, 0) is 86.6 Å². The second kappa shape index (κ2) is 7.48. The van der Waals surface area contributed by atoms with E-state index < -0.39 is 0 Å². The molecule has 0 amide bonds. The molecule has 2 N–H and O–H groups in total. The summed E-state index contributed by atoms with van der Waals surface area (Å²) in [6.07, 6.45) is 8.47. The zero-order chi connectivity index (χ0) is 19.8. The van der Waals surface area contributed by atoms with E-state index in [4.69, 9.17) is 0 Å². The van der Waals surface area contributed by atoms with Crippen molar-refractivity contribution in [3.63, 3.8) is 0 Å². The quantitative estimate of drug-likeness (QED) is 0.515. The molecule has 0 saturated heterocycles. The lowest BCUT2D eigenvalue weighted by Gasteiger charge is -2.33. The number of fused-ring (bicyclic) bond motifs is 2. The van der Waals surface area contributed by atoms with Crippen LogP contribution in [-0.4, -0.2) is 46.0 Å². The van der Waals surface area contributed by atoms with E-state index in [-0.39, 0.29) is 0 Å². The van der Waals surface area contributed by atoms with Crippen LogP contribution in [0.2, 0.25) is 0 Å². The van der Waals surface area contributed by atoms with Gasteiger partial charge in [-0.1, -0.05) is 12.1 Å². The van der Waals surface area contributed by atoms with E-state index in [2.05, 4.69) is 81.7 Å². The van der Waals surface area contributed by atoms with Crippen LogP contribution in [0.15, 0.2) is 55.0 Å². The Morgan fingerprint density at radius 1 is 0.931 bits per heavy atom. The van der Waals surface area contributed by atoms with Crippen LogP contribution < -0.4 is 5.32 Å². The van der Waals surface area contributed by atoms with Gasteiger partial charge in [0.15, 0.2) is 0 Å². The van der Waals surface area contributed by atoms with Crippen molar-refractivity contribution in [1.29, 1.82) is 0 Å². The van der Waals surface area contributed by atoms with Crippen LogP contribution in [0.1, 0.15) is 25.7 Å². The molecule has 1 fully saturated rings. The molecule has 5 heteroatoms. The molecule has 2 aromatic heterocycles. The van der Waals surface area contributed by atoms with Gasteiger partial charge in [0.1, 0.15) is 12.1 Å². The van der Waals surface area contributed by atoms with Gasteiger partial charge in [-0.2, -0.15) is 0 Å². The molecular weight excluding hydrogens is 358 g/mol. The molecule has 2 aromatic carbocycles. The first-order valence-electron chi connectivity index (χ1n) is 10.4. The highest BCUT2D eigenvalue weighted by atomic mass is 15.1. The highest BCUT2D eigenvalue weighted by Crippen LogP contribution is 2.31. The highest BCUT2D eigenvalue weighted by molar-refractivity contribution is 5.94. The van der Waals surface area contributed by atoms with E-state index in [0.29, 0.717) is 12.1 Å². The first-order valence-corrected chi connectivity index (χ1v) is 10.4. The smallest absolute Gasteiger partial charge is 0.137 e. The average molecular weight is 386 g/mol. The Morgan fingerprint density at radius 3 is 2.55 bits per heavy atom. The molecule has 0 atom stereocenters. The first-order chi connectivity index (χ1) is 14.2. The third-order valence-electron chi connectivity index (χ3n) is 6.29. The SMILES string of the molecule is CN(C)C1CCC(Nc2ncnc3ccc(-c4ccc5[nH]ccc5c4)cc23)CC1. The number of rotatable bonds is 4. The van der Waals surface area contributed by atoms with Gasteiger partial charge in [0, 0.05) is 29.2 Å². The van der Waals surface area contributed by atoms with E-state index in [1.165, 1.54) is 42.2 Å². The van der Waals surface area contributed by atoms with E-state index in [1.807, 2.05) is 6.20 Å². The second-order valence-corrected chi connectivity index (χ2v) is 8.35. The van der Waals surface area contributed by atoms with Crippen LogP contribution in [0, 0.1) is 0 Å². The van der Waals surface area contributed by atoms with Gasteiger partial charge < -0.3 is 15.2 Å². The van der Waals surface area contributed by atoms with Crippen molar-refractivity contribution >= 4 is 27.6 Å². The molecule has 0 radical (unpaired) electrons. The van der Waals surface area contributed by atoms with Crippen molar-refractivity contribution in [1.82, 2.24) is 19.9 Å². The second-order valence-electron chi connectivity index (χ2n) is 8.35. The molecule has 1 aliphatic carbocycles. The molecule has 4 aromatic rings. The van der Waals surface area contributed by atoms with Gasteiger partial charge in [-0.3, -0.25) is 0 Å². The summed E-state index contributed by atoms with van der Waals surface area (Å²) >= 11 is 0. The standard InChI is InChI=1S/C24H27N5/c1-29(2)20-7-5-19(6-8-20)28-24-21-14-17(4-10-23(21)26-15-27-24)16-3-9-22-18(13-16)11-12-25-22/h3-4,9-15,19-20,25H,5-8H2,1-2H3,(H,26,27,28). The lowest BCUT2D eigenvalue weighted by Crippen LogP contribution is -2.36. The van der Waals surface area contributed by atoms with Gasteiger partial charge in [-0.15, -0.1) is 0 Å². The minimum Gasteiger partial charge on any atom is -0.367 e. The lowest BCUT2D eigenvalue weighted by molar-refractivity contribution is 0.221. The molecule has 29 heavy (non-hydrogen) atoms. The normalized spacial score (nSPS) is 19.8. The van der Waals surface area contributed by atoms with Crippen molar-refractivity contribution in [2.45, 2.75) is 37.8 Å².